The molecule has 106 valence electrons. The van der Waals surface area contributed by atoms with Gasteiger partial charge in [0.2, 0.25) is 0 Å². The van der Waals surface area contributed by atoms with Crippen LogP contribution in [0.5, 0.6) is 11.5 Å². The summed E-state index contributed by atoms with van der Waals surface area (Å²) in [7, 11) is 1.45. The molecule has 6 heteroatoms. The number of methoxy groups -OCH3 is 1. The van der Waals surface area contributed by atoms with Crippen LogP contribution in [0.15, 0.2) is 22.7 Å². The number of phenolic OH excluding ortho intramolecular Hbond substituents is 1. The molecule has 0 aromatic heterocycles. The summed E-state index contributed by atoms with van der Waals surface area (Å²) in [5, 5.41) is 9.80. The van der Waals surface area contributed by atoms with Crippen molar-refractivity contribution in [3.05, 3.63) is 23.3 Å². The minimum Gasteiger partial charge on any atom is -0.504 e. The van der Waals surface area contributed by atoms with E-state index in [-0.39, 0.29) is 18.8 Å². The summed E-state index contributed by atoms with van der Waals surface area (Å²) >= 11 is 0. The Kier molecular flexibility index (Phi) is 3.93. The molecular formula is C14H16N2O4. The number of aliphatic imine (C=N–C) groups is 1. The Morgan fingerprint density at radius 2 is 2.25 bits per heavy atom. The van der Waals surface area contributed by atoms with Gasteiger partial charge in [-0.05, 0) is 19.1 Å². The lowest BCUT2D eigenvalue weighted by Crippen LogP contribution is -2.16. The third-order valence-corrected chi connectivity index (χ3v) is 2.83. The first kappa shape index (κ1) is 13.9. The van der Waals surface area contributed by atoms with Crippen LogP contribution in [0.2, 0.25) is 0 Å². The van der Waals surface area contributed by atoms with E-state index in [0.29, 0.717) is 28.4 Å². The molecule has 1 aromatic carbocycles. The van der Waals surface area contributed by atoms with E-state index >= 15 is 0 Å². The Morgan fingerprint density at radius 3 is 2.90 bits per heavy atom. The zero-order valence-electron chi connectivity index (χ0n) is 11.3. The van der Waals surface area contributed by atoms with E-state index in [4.69, 9.17) is 15.2 Å². The Bertz CT molecular complexity index is 605. The molecule has 0 fully saturated rings. The minimum absolute atomic E-state index is 0.0265. The van der Waals surface area contributed by atoms with Crippen molar-refractivity contribution in [3.63, 3.8) is 0 Å². The van der Waals surface area contributed by atoms with Gasteiger partial charge >= 0.3 is 5.97 Å². The zero-order valence-corrected chi connectivity index (χ0v) is 11.3. The van der Waals surface area contributed by atoms with E-state index in [9.17, 15) is 9.90 Å². The predicted molar refractivity (Wildman–Crippen MR) is 75.2 cm³/mol. The van der Waals surface area contributed by atoms with Crippen molar-refractivity contribution in [2.24, 2.45) is 10.7 Å². The van der Waals surface area contributed by atoms with Gasteiger partial charge in [-0.25, -0.2) is 9.79 Å². The summed E-state index contributed by atoms with van der Waals surface area (Å²) in [4.78, 5) is 16.1. The van der Waals surface area contributed by atoms with Crippen molar-refractivity contribution in [1.82, 2.24) is 0 Å². The zero-order chi connectivity index (χ0) is 14.7. The fourth-order valence-corrected chi connectivity index (χ4v) is 1.93. The molecule has 1 aromatic rings. The van der Waals surface area contributed by atoms with Crippen molar-refractivity contribution < 1.29 is 19.4 Å². The second-order valence-electron chi connectivity index (χ2n) is 4.25. The third kappa shape index (κ3) is 2.74. The van der Waals surface area contributed by atoms with E-state index in [2.05, 4.69) is 4.99 Å². The predicted octanol–water partition coefficient (Wildman–Crippen LogP) is 1.74. The van der Waals surface area contributed by atoms with E-state index in [0.717, 1.165) is 0 Å². The lowest BCUT2D eigenvalue weighted by atomic mass is 10.1. The van der Waals surface area contributed by atoms with Gasteiger partial charge in [-0.15, -0.1) is 0 Å². The highest BCUT2D eigenvalue weighted by atomic mass is 16.5. The number of amidine groups is 1. The Labute approximate surface area is 116 Å². The summed E-state index contributed by atoms with van der Waals surface area (Å²) < 4.78 is 10.00. The number of esters is 1. The molecule has 0 amide bonds. The number of phenols is 1. The molecule has 0 unspecified atom stereocenters. The molecule has 0 aliphatic carbocycles. The van der Waals surface area contributed by atoms with Gasteiger partial charge in [-0.1, -0.05) is 0 Å². The molecule has 20 heavy (non-hydrogen) atoms. The van der Waals surface area contributed by atoms with Crippen LogP contribution in [-0.4, -0.2) is 30.6 Å². The number of hydrogen-bond acceptors (Lipinski definition) is 6. The fourth-order valence-electron chi connectivity index (χ4n) is 1.93. The molecule has 0 bridgehead atoms. The number of aromatic hydroxyl groups is 1. The first-order chi connectivity index (χ1) is 9.55. The van der Waals surface area contributed by atoms with E-state index in [1.807, 2.05) is 0 Å². The van der Waals surface area contributed by atoms with Crippen LogP contribution in [0.1, 0.15) is 18.9 Å². The van der Waals surface area contributed by atoms with E-state index in [1.165, 1.54) is 13.2 Å². The van der Waals surface area contributed by atoms with Gasteiger partial charge in [-0.2, -0.15) is 0 Å². The number of nitrogens with two attached hydrogens (primary N) is 1. The summed E-state index contributed by atoms with van der Waals surface area (Å²) in [5.41, 5.74) is 7.33. The Hall–Kier alpha value is -2.50. The topological polar surface area (TPSA) is 94.1 Å². The van der Waals surface area contributed by atoms with Crippen LogP contribution >= 0.6 is 0 Å². The number of carbonyl (C=O) groups excluding carboxylic acids is 1. The minimum atomic E-state index is -0.436. The van der Waals surface area contributed by atoms with Crippen molar-refractivity contribution in [1.29, 1.82) is 0 Å². The van der Waals surface area contributed by atoms with Gasteiger partial charge in [0.15, 0.2) is 11.5 Å². The van der Waals surface area contributed by atoms with Gasteiger partial charge in [0.25, 0.3) is 0 Å². The highest BCUT2D eigenvalue weighted by Gasteiger charge is 2.18. The summed E-state index contributed by atoms with van der Waals surface area (Å²) in [6.45, 7) is 2.02. The number of hydrogen-bond donors (Lipinski definition) is 2. The van der Waals surface area contributed by atoms with Crippen molar-refractivity contribution in [2.75, 3.05) is 13.7 Å². The average Bonchev–Trinajstić information content (AvgIpc) is 2.56. The molecule has 0 spiro atoms. The molecule has 3 N–H and O–H groups in total. The van der Waals surface area contributed by atoms with Gasteiger partial charge in [-0.3, -0.25) is 0 Å². The highest BCUT2D eigenvalue weighted by Crippen LogP contribution is 2.36. The number of carbonyl (C=O) groups is 1. The maximum Gasteiger partial charge on any atom is 0.334 e. The highest BCUT2D eigenvalue weighted by molar-refractivity contribution is 6.03. The number of ether oxygens (including phenoxy) is 2. The molecule has 1 aliphatic heterocycles. The van der Waals surface area contributed by atoms with Crippen LogP contribution in [0.4, 0.5) is 5.69 Å². The molecule has 0 radical (unpaired) electrons. The molecular weight excluding hydrogens is 260 g/mol. The SMILES string of the molecule is CCOC(=O)C1=Cc2cc(O)c(OC)cc2N=C(N)C1. The first-order valence-electron chi connectivity index (χ1n) is 6.17. The van der Waals surface area contributed by atoms with Gasteiger partial charge in [0.05, 0.1) is 19.4 Å². The normalized spacial score (nSPS) is 13.7. The van der Waals surface area contributed by atoms with Crippen LogP contribution in [0, 0.1) is 0 Å². The summed E-state index contributed by atoms with van der Waals surface area (Å²) in [6, 6.07) is 3.05. The summed E-state index contributed by atoms with van der Waals surface area (Å²) in [5.74, 6) is 0.138. The average molecular weight is 276 g/mol. The van der Waals surface area contributed by atoms with Crippen molar-refractivity contribution in [3.8, 4) is 11.5 Å². The lowest BCUT2D eigenvalue weighted by Gasteiger charge is -2.07. The molecule has 0 atom stereocenters. The lowest BCUT2D eigenvalue weighted by molar-refractivity contribution is -0.138. The first-order valence-corrected chi connectivity index (χ1v) is 6.17. The maximum absolute atomic E-state index is 11.8. The Balaban J connectivity index is 2.51. The third-order valence-electron chi connectivity index (χ3n) is 2.83. The van der Waals surface area contributed by atoms with E-state index in [1.54, 1.807) is 19.1 Å². The number of fused-ring (bicyclic) bond motifs is 1. The van der Waals surface area contributed by atoms with Gasteiger partial charge in [0.1, 0.15) is 5.84 Å². The molecule has 1 heterocycles. The molecule has 6 nitrogen and oxygen atoms in total. The van der Waals surface area contributed by atoms with Gasteiger partial charge in [0, 0.05) is 23.6 Å². The van der Waals surface area contributed by atoms with Crippen molar-refractivity contribution >= 4 is 23.6 Å². The van der Waals surface area contributed by atoms with Gasteiger partial charge < -0.3 is 20.3 Å². The molecule has 1 aliphatic rings. The van der Waals surface area contributed by atoms with Crippen LogP contribution in [-0.2, 0) is 9.53 Å². The van der Waals surface area contributed by atoms with Crippen LogP contribution < -0.4 is 10.5 Å². The number of rotatable bonds is 3. The largest absolute Gasteiger partial charge is 0.504 e. The number of benzene rings is 1. The van der Waals surface area contributed by atoms with Crippen molar-refractivity contribution in [2.45, 2.75) is 13.3 Å². The van der Waals surface area contributed by atoms with Crippen LogP contribution in [0.25, 0.3) is 6.08 Å². The quantitative estimate of drug-likeness (QED) is 0.820. The monoisotopic (exact) mass is 276 g/mol. The van der Waals surface area contributed by atoms with Crippen LogP contribution in [0.3, 0.4) is 0 Å². The van der Waals surface area contributed by atoms with E-state index < -0.39 is 5.97 Å². The smallest absolute Gasteiger partial charge is 0.334 e. The standard InChI is InChI=1S/C14H16N2O4/c1-3-20-14(18)9-4-8-5-11(17)12(19-2)7-10(8)16-13(15)6-9/h4-5,7,17H,3,6H2,1-2H3,(H2,15,16). The maximum atomic E-state index is 11.8. The fraction of sp³-hybridized carbons (Fsp3) is 0.286. The molecule has 0 saturated heterocycles. The molecule has 2 rings (SSSR count). The molecule has 0 saturated carbocycles. The second-order valence-corrected chi connectivity index (χ2v) is 4.25. The second kappa shape index (κ2) is 5.64. The summed E-state index contributed by atoms with van der Waals surface area (Å²) in [6.07, 6.45) is 1.83. The Morgan fingerprint density at radius 1 is 1.50 bits per heavy atom. The number of nitrogens with zero attached hydrogens (tertiary/aromatic N) is 1.